The van der Waals surface area contributed by atoms with Gasteiger partial charge in [0.15, 0.2) is 0 Å². The summed E-state index contributed by atoms with van der Waals surface area (Å²) in [6.07, 6.45) is 1.57. The number of rotatable bonds is 4. The molecule has 140 valence electrons. The molecule has 2 aromatic heterocycles. The van der Waals surface area contributed by atoms with Gasteiger partial charge >= 0.3 is 5.97 Å². The Morgan fingerprint density at radius 1 is 1.14 bits per heavy atom. The number of carbonyl (C=O) groups is 2. The quantitative estimate of drug-likeness (QED) is 0.524. The van der Waals surface area contributed by atoms with Crippen LogP contribution >= 0.6 is 11.3 Å². The summed E-state index contributed by atoms with van der Waals surface area (Å²) in [7, 11) is 1.27. The fraction of sp³-hybridized carbons (Fsp3) is 0.0952. The molecule has 0 aliphatic rings. The Kier molecular flexibility index (Phi) is 4.75. The smallest absolute Gasteiger partial charge is 0.348 e. The number of amides is 1. The van der Waals surface area contributed by atoms with E-state index in [0.717, 1.165) is 22.1 Å². The molecule has 0 saturated heterocycles. The lowest BCUT2D eigenvalue weighted by molar-refractivity contribution is 0.0604. The van der Waals surface area contributed by atoms with E-state index >= 15 is 0 Å². The Labute approximate surface area is 163 Å². The van der Waals surface area contributed by atoms with Gasteiger partial charge < -0.3 is 10.1 Å². The fourth-order valence-electron chi connectivity index (χ4n) is 3.15. The minimum Gasteiger partial charge on any atom is -0.465 e. The molecule has 0 saturated carbocycles. The molecule has 0 aliphatic carbocycles. The lowest BCUT2D eigenvalue weighted by atomic mass is 10.1. The number of nitrogens with one attached hydrogen (secondary N) is 1. The average Bonchev–Trinajstić information content (AvgIpc) is 3.11. The lowest BCUT2D eigenvalue weighted by Crippen LogP contribution is -2.25. The number of thiophene rings is 1. The number of ether oxygens (including phenoxy) is 1. The molecule has 2 aromatic carbocycles. The van der Waals surface area contributed by atoms with Gasteiger partial charge in [-0.2, -0.15) is 0 Å². The van der Waals surface area contributed by atoms with Crippen molar-refractivity contribution in [2.24, 2.45) is 0 Å². The molecule has 5 nitrogen and oxygen atoms in total. The summed E-state index contributed by atoms with van der Waals surface area (Å²) in [5.74, 6) is -1.41. The van der Waals surface area contributed by atoms with Crippen molar-refractivity contribution in [3.05, 3.63) is 76.7 Å². The van der Waals surface area contributed by atoms with Crippen LogP contribution in [0.25, 0.3) is 20.9 Å². The Hall–Kier alpha value is -3.32. The first-order valence-corrected chi connectivity index (χ1v) is 9.32. The van der Waals surface area contributed by atoms with Crippen LogP contribution in [0.1, 0.15) is 25.7 Å². The largest absolute Gasteiger partial charge is 0.465 e. The van der Waals surface area contributed by atoms with Crippen LogP contribution in [-0.2, 0) is 11.3 Å². The van der Waals surface area contributed by atoms with Crippen molar-refractivity contribution in [1.29, 1.82) is 0 Å². The van der Waals surface area contributed by atoms with E-state index in [1.807, 2.05) is 30.3 Å². The second-order valence-corrected chi connectivity index (χ2v) is 7.13. The van der Waals surface area contributed by atoms with Gasteiger partial charge in [0, 0.05) is 33.8 Å². The SMILES string of the molecule is COC(=O)c1sc2cccc(F)c2c1CNC(=O)c1nccc2ccccc12. The van der Waals surface area contributed by atoms with Crippen LogP contribution in [0.4, 0.5) is 4.39 Å². The highest BCUT2D eigenvalue weighted by Gasteiger charge is 2.22. The Morgan fingerprint density at radius 3 is 2.79 bits per heavy atom. The van der Waals surface area contributed by atoms with Crippen LogP contribution in [0.3, 0.4) is 0 Å². The van der Waals surface area contributed by atoms with Crippen LogP contribution in [0.15, 0.2) is 54.7 Å². The van der Waals surface area contributed by atoms with Gasteiger partial charge in [0.25, 0.3) is 5.91 Å². The van der Waals surface area contributed by atoms with Gasteiger partial charge in [-0.15, -0.1) is 11.3 Å². The van der Waals surface area contributed by atoms with Crippen molar-refractivity contribution >= 4 is 44.1 Å². The average molecular weight is 394 g/mol. The van der Waals surface area contributed by atoms with Gasteiger partial charge in [0.05, 0.1) is 7.11 Å². The second kappa shape index (κ2) is 7.36. The van der Waals surface area contributed by atoms with E-state index in [4.69, 9.17) is 4.74 Å². The minimum absolute atomic E-state index is 0.0187. The molecule has 0 bridgehead atoms. The van der Waals surface area contributed by atoms with Crippen molar-refractivity contribution in [2.75, 3.05) is 7.11 Å². The molecule has 4 rings (SSSR count). The molecular weight excluding hydrogens is 379 g/mol. The highest BCUT2D eigenvalue weighted by Crippen LogP contribution is 2.33. The van der Waals surface area contributed by atoms with E-state index in [2.05, 4.69) is 10.3 Å². The van der Waals surface area contributed by atoms with Crippen LogP contribution in [0, 0.1) is 5.82 Å². The predicted molar refractivity (Wildman–Crippen MR) is 106 cm³/mol. The molecule has 0 spiro atoms. The summed E-state index contributed by atoms with van der Waals surface area (Å²) >= 11 is 1.14. The maximum Gasteiger partial charge on any atom is 0.348 e. The standard InChI is InChI=1S/C21H15FN2O3S/c1-27-21(26)19-14(17-15(22)7-4-8-16(17)28-19)11-24-20(25)18-13-6-3-2-5-12(13)9-10-23-18/h2-10H,11H2,1H3,(H,24,25). The molecule has 0 unspecified atom stereocenters. The predicted octanol–water partition coefficient (Wildman–Crippen LogP) is 4.31. The van der Waals surface area contributed by atoms with Gasteiger partial charge in [-0.05, 0) is 23.6 Å². The van der Waals surface area contributed by atoms with Gasteiger partial charge in [-0.1, -0.05) is 30.3 Å². The van der Waals surface area contributed by atoms with Crippen LogP contribution in [0.5, 0.6) is 0 Å². The number of hydrogen-bond acceptors (Lipinski definition) is 5. The first-order chi connectivity index (χ1) is 13.6. The molecule has 0 radical (unpaired) electrons. The molecule has 1 N–H and O–H groups in total. The van der Waals surface area contributed by atoms with E-state index < -0.39 is 17.7 Å². The zero-order valence-corrected chi connectivity index (χ0v) is 15.7. The molecule has 4 aromatic rings. The molecule has 1 amide bonds. The normalized spacial score (nSPS) is 10.9. The van der Waals surface area contributed by atoms with Crippen LogP contribution in [0.2, 0.25) is 0 Å². The van der Waals surface area contributed by atoms with Crippen molar-refractivity contribution in [3.8, 4) is 0 Å². The van der Waals surface area contributed by atoms with Gasteiger partial charge in [0.2, 0.25) is 0 Å². The third-order valence-electron chi connectivity index (χ3n) is 4.45. The number of carbonyl (C=O) groups excluding carboxylic acids is 2. The summed E-state index contributed by atoms with van der Waals surface area (Å²) in [6, 6.07) is 13.9. The first-order valence-electron chi connectivity index (χ1n) is 8.50. The summed E-state index contributed by atoms with van der Waals surface area (Å²) in [4.78, 5) is 29.3. The summed E-state index contributed by atoms with van der Waals surface area (Å²) in [5.41, 5.74) is 0.677. The topological polar surface area (TPSA) is 68.3 Å². The summed E-state index contributed by atoms with van der Waals surface area (Å²) in [6.45, 7) is -0.0187. The minimum atomic E-state index is -0.562. The number of benzene rings is 2. The van der Waals surface area contributed by atoms with Gasteiger partial charge in [0.1, 0.15) is 16.4 Å². The van der Waals surface area contributed by atoms with Crippen molar-refractivity contribution in [1.82, 2.24) is 10.3 Å². The summed E-state index contributed by atoms with van der Waals surface area (Å²) < 4.78 is 19.9. The molecule has 28 heavy (non-hydrogen) atoms. The first kappa shape index (κ1) is 18.1. The number of hydrogen-bond donors (Lipinski definition) is 1. The van der Waals surface area contributed by atoms with Crippen LogP contribution < -0.4 is 5.32 Å². The number of nitrogens with zero attached hydrogens (tertiary/aromatic N) is 1. The molecule has 2 heterocycles. The molecule has 0 fully saturated rings. The van der Waals surface area contributed by atoms with E-state index in [1.165, 1.54) is 13.2 Å². The molecule has 7 heteroatoms. The number of esters is 1. The summed E-state index contributed by atoms with van der Waals surface area (Å²) in [5, 5.41) is 4.69. The van der Waals surface area contributed by atoms with E-state index in [1.54, 1.807) is 18.3 Å². The zero-order chi connectivity index (χ0) is 19.7. The van der Waals surface area contributed by atoms with E-state index in [9.17, 15) is 14.0 Å². The van der Waals surface area contributed by atoms with Crippen molar-refractivity contribution in [2.45, 2.75) is 6.54 Å². The molecular formula is C21H15FN2O3S. The number of fused-ring (bicyclic) bond motifs is 2. The third kappa shape index (κ3) is 3.10. The van der Waals surface area contributed by atoms with Crippen molar-refractivity contribution in [3.63, 3.8) is 0 Å². The van der Waals surface area contributed by atoms with Crippen molar-refractivity contribution < 1.29 is 18.7 Å². The number of methoxy groups -OCH3 is 1. The number of aromatic nitrogens is 1. The zero-order valence-electron chi connectivity index (χ0n) is 14.9. The lowest BCUT2D eigenvalue weighted by Gasteiger charge is -2.08. The van der Waals surface area contributed by atoms with E-state index in [0.29, 0.717) is 15.6 Å². The monoisotopic (exact) mass is 394 g/mol. The highest BCUT2D eigenvalue weighted by molar-refractivity contribution is 7.21. The maximum absolute atomic E-state index is 14.4. The Balaban J connectivity index is 1.70. The third-order valence-corrected chi connectivity index (χ3v) is 5.63. The van der Waals surface area contributed by atoms with Gasteiger partial charge in [-0.25, -0.2) is 9.18 Å². The Morgan fingerprint density at radius 2 is 1.96 bits per heavy atom. The fourth-order valence-corrected chi connectivity index (χ4v) is 4.30. The number of pyridine rings is 1. The Bertz CT molecular complexity index is 1210. The van der Waals surface area contributed by atoms with Gasteiger partial charge in [-0.3, -0.25) is 9.78 Å². The number of halogens is 1. The highest BCUT2D eigenvalue weighted by atomic mass is 32.1. The second-order valence-electron chi connectivity index (χ2n) is 6.08. The van der Waals surface area contributed by atoms with Crippen LogP contribution in [-0.4, -0.2) is 24.0 Å². The molecule has 0 atom stereocenters. The molecule has 0 aliphatic heterocycles. The van der Waals surface area contributed by atoms with E-state index in [-0.39, 0.29) is 17.1 Å². The maximum atomic E-state index is 14.4.